The van der Waals surface area contributed by atoms with Crippen LogP contribution in [-0.2, 0) is 17.8 Å². The van der Waals surface area contributed by atoms with Crippen molar-refractivity contribution >= 4 is 45.5 Å². The molecule has 2 aromatic carbocycles. The molecule has 0 aliphatic heterocycles. The fourth-order valence-corrected chi connectivity index (χ4v) is 5.85. The van der Waals surface area contributed by atoms with Gasteiger partial charge in [-0.2, -0.15) is 5.26 Å². The van der Waals surface area contributed by atoms with E-state index in [1.807, 2.05) is 44.2 Å². The fourth-order valence-electron chi connectivity index (χ4n) is 5.62. The Labute approximate surface area is 307 Å². The molecule has 0 aliphatic rings. The zero-order chi connectivity index (χ0) is 36.4. The lowest BCUT2D eigenvalue weighted by Gasteiger charge is -2.18. The van der Waals surface area contributed by atoms with Gasteiger partial charge in [-0.15, -0.1) is 12.3 Å². The second-order valence-corrected chi connectivity index (χ2v) is 12.6. The molecule has 0 saturated carbocycles. The average Bonchev–Trinajstić information content (AvgIpc) is 3.13. The van der Waals surface area contributed by atoms with Gasteiger partial charge in [-0.3, -0.25) is 14.8 Å². The van der Waals surface area contributed by atoms with Crippen LogP contribution in [0.5, 0.6) is 11.5 Å². The molecule has 4 rings (SSSR count). The summed E-state index contributed by atoms with van der Waals surface area (Å²) in [6, 6.07) is 16.9. The number of benzene rings is 2. The first-order valence-electron chi connectivity index (χ1n) is 17.6. The quantitative estimate of drug-likeness (QED) is 0.0532. The highest BCUT2D eigenvalue weighted by Gasteiger charge is 2.19. The summed E-state index contributed by atoms with van der Waals surface area (Å²) in [5.74, 6) is 3.42. The second kappa shape index (κ2) is 20.6. The predicted molar refractivity (Wildman–Crippen MR) is 207 cm³/mol. The molecule has 2 N–H and O–H groups in total. The number of nitriles is 1. The third-order valence-electron chi connectivity index (χ3n) is 8.27. The first kappa shape index (κ1) is 38.7. The van der Waals surface area contributed by atoms with Crippen molar-refractivity contribution in [2.24, 2.45) is 0 Å². The number of rotatable bonds is 20. The van der Waals surface area contributed by atoms with Crippen LogP contribution in [0.4, 0.5) is 17.1 Å². The molecule has 0 radical (unpaired) electrons. The highest BCUT2D eigenvalue weighted by molar-refractivity contribution is 6.32. The van der Waals surface area contributed by atoms with Gasteiger partial charge in [0.2, 0.25) is 5.91 Å². The van der Waals surface area contributed by atoms with Crippen molar-refractivity contribution in [2.75, 3.05) is 37.4 Å². The maximum atomic E-state index is 13.1. The highest BCUT2D eigenvalue weighted by Crippen LogP contribution is 2.38. The zero-order valence-electron chi connectivity index (χ0n) is 29.8. The van der Waals surface area contributed by atoms with Gasteiger partial charge in [-0.25, -0.2) is 0 Å². The Hall–Kier alpha value is -5.09. The molecule has 0 unspecified atom stereocenters. The van der Waals surface area contributed by atoms with Crippen molar-refractivity contribution in [2.45, 2.75) is 71.8 Å². The minimum atomic E-state index is -0.281. The molecule has 0 atom stereocenters. The first-order valence-corrected chi connectivity index (χ1v) is 18.0. The van der Waals surface area contributed by atoms with Crippen LogP contribution in [0.2, 0.25) is 5.02 Å². The second-order valence-electron chi connectivity index (χ2n) is 12.2. The fraction of sp³-hybridized carbons (Fsp3) is 0.366. The van der Waals surface area contributed by atoms with Crippen LogP contribution in [-0.4, -0.2) is 47.5 Å². The minimum Gasteiger partial charge on any atom is -0.492 e. The van der Waals surface area contributed by atoms with Crippen LogP contribution in [0.25, 0.3) is 10.9 Å². The molecule has 2 heterocycles. The lowest BCUT2D eigenvalue weighted by atomic mass is 10.0. The summed E-state index contributed by atoms with van der Waals surface area (Å²) in [6.07, 6.45) is 18.9. The number of nitrogens with one attached hydrogen (secondary N) is 2. The maximum absolute atomic E-state index is 13.1. The van der Waals surface area contributed by atoms with Crippen LogP contribution in [0, 0.1) is 23.7 Å². The molecule has 266 valence electrons. The van der Waals surface area contributed by atoms with E-state index < -0.39 is 0 Å². The summed E-state index contributed by atoms with van der Waals surface area (Å²) in [5.41, 5.74) is 4.14. The summed E-state index contributed by atoms with van der Waals surface area (Å²) in [7, 11) is 2.06. The average molecular weight is 707 g/mol. The first-order chi connectivity index (χ1) is 24.9. The number of carbonyl (C=O) groups excluding carboxylic acids is 1. The van der Waals surface area contributed by atoms with Crippen LogP contribution >= 0.6 is 11.6 Å². The third kappa shape index (κ3) is 11.7. The van der Waals surface area contributed by atoms with Gasteiger partial charge in [0, 0.05) is 42.4 Å². The molecule has 10 heteroatoms. The molecular weight excluding hydrogens is 660 g/mol. The van der Waals surface area contributed by atoms with Gasteiger partial charge in [-0.05, 0) is 76.2 Å². The van der Waals surface area contributed by atoms with Gasteiger partial charge in [0.25, 0.3) is 0 Å². The number of anilines is 3. The lowest BCUT2D eigenvalue weighted by molar-refractivity contribution is -0.111. The number of hydrogen-bond donors (Lipinski definition) is 2. The molecule has 4 aromatic rings. The number of amides is 1. The molecule has 51 heavy (non-hydrogen) atoms. The normalized spacial score (nSPS) is 11.0. The van der Waals surface area contributed by atoms with E-state index in [2.05, 4.69) is 39.6 Å². The monoisotopic (exact) mass is 706 g/mol. The summed E-state index contributed by atoms with van der Waals surface area (Å²) in [6.45, 7) is 6.13. The molecule has 0 aliphatic carbocycles. The van der Waals surface area contributed by atoms with Crippen molar-refractivity contribution in [3.05, 3.63) is 88.9 Å². The van der Waals surface area contributed by atoms with Crippen molar-refractivity contribution < 1.29 is 14.3 Å². The van der Waals surface area contributed by atoms with Gasteiger partial charge in [0.15, 0.2) is 0 Å². The van der Waals surface area contributed by atoms with E-state index in [4.69, 9.17) is 32.5 Å². The van der Waals surface area contributed by atoms with Crippen LogP contribution < -0.4 is 20.1 Å². The minimum absolute atomic E-state index is 0.276. The van der Waals surface area contributed by atoms with Gasteiger partial charge < -0.3 is 25.0 Å². The molecule has 0 saturated heterocycles. The number of aromatic nitrogens is 2. The Morgan fingerprint density at radius 1 is 1.04 bits per heavy atom. The van der Waals surface area contributed by atoms with E-state index in [0.29, 0.717) is 75.3 Å². The number of pyridine rings is 2. The Balaban J connectivity index is 1.49. The Kier molecular flexibility index (Phi) is 15.6. The number of fused-ring (bicyclic) bond motifs is 1. The van der Waals surface area contributed by atoms with Crippen molar-refractivity contribution in [3.63, 3.8) is 0 Å². The van der Waals surface area contributed by atoms with Crippen molar-refractivity contribution in [1.82, 2.24) is 14.9 Å². The van der Waals surface area contributed by atoms with E-state index in [0.717, 1.165) is 31.5 Å². The topological polar surface area (TPSA) is 112 Å². The number of unbranched alkanes of at least 4 members (excludes halogenated alkanes) is 6. The molecule has 0 spiro atoms. The highest BCUT2D eigenvalue weighted by atomic mass is 35.5. The molecule has 9 nitrogen and oxygen atoms in total. The Morgan fingerprint density at radius 3 is 2.55 bits per heavy atom. The molecule has 1 amide bonds. The summed E-state index contributed by atoms with van der Waals surface area (Å²) >= 11 is 6.63. The smallest absolute Gasteiger partial charge is 0.248 e. The molecule has 0 fully saturated rings. The van der Waals surface area contributed by atoms with Gasteiger partial charge in [0.1, 0.15) is 24.2 Å². The SMILES string of the molecule is C#CCCCCCCCCN(C)C/C=C/C(=O)Nc1cc2c(Nc3ccc(OCc4ccccn4)c(Cl)c3)c(C#N)c(CC)nc2cc1OCC. The van der Waals surface area contributed by atoms with E-state index >= 15 is 0 Å². The zero-order valence-corrected chi connectivity index (χ0v) is 30.6. The molecule has 2 aromatic heterocycles. The van der Waals surface area contributed by atoms with Crippen molar-refractivity contribution in [3.8, 4) is 29.9 Å². The largest absolute Gasteiger partial charge is 0.492 e. The summed E-state index contributed by atoms with van der Waals surface area (Å²) in [5, 5.41) is 17.7. The standard InChI is InChI=1S/C41H47ClN6O3/c1-5-8-9-10-11-12-13-16-23-48(4)24-17-19-40(49)47-37-26-32-36(27-39(37)50-7-3)46-35(6-2)33(28-43)41(32)45-30-20-21-38(34(42)25-30)51-29-31-18-14-15-22-44-31/h1,14-15,17-22,25-27H,6-13,16,23-24,29H2,2-4H3,(H,45,46)(H,47,49)/b19-17+. The van der Waals surface area contributed by atoms with E-state index in [9.17, 15) is 10.1 Å². The molecule has 0 bridgehead atoms. The van der Waals surface area contributed by atoms with E-state index in [1.165, 1.54) is 25.7 Å². The van der Waals surface area contributed by atoms with Crippen molar-refractivity contribution in [1.29, 1.82) is 5.26 Å². The number of terminal acetylenes is 1. The van der Waals surface area contributed by atoms with Gasteiger partial charge >= 0.3 is 0 Å². The predicted octanol–water partition coefficient (Wildman–Crippen LogP) is 9.23. The number of ether oxygens (including phenoxy) is 2. The van der Waals surface area contributed by atoms with E-state index in [1.54, 1.807) is 36.5 Å². The van der Waals surface area contributed by atoms with Gasteiger partial charge in [-0.1, -0.05) is 56.4 Å². The van der Waals surface area contributed by atoms with Crippen LogP contribution in [0.1, 0.15) is 75.7 Å². The third-order valence-corrected chi connectivity index (χ3v) is 8.56. The van der Waals surface area contributed by atoms with Crippen LogP contribution in [0.3, 0.4) is 0 Å². The summed E-state index contributed by atoms with van der Waals surface area (Å²) < 4.78 is 11.8. The number of nitrogens with zero attached hydrogens (tertiary/aromatic N) is 4. The Bertz CT molecular complexity index is 1870. The van der Waals surface area contributed by atoms with E-state index in [-0.39, 0.29) is 12.5 Å². The molecular formula is C41H47ClN6O3. The number of likely N-dealkylation sites (N-methyl/N-ethyl adjacent to an activating group) is 1. The van der Waals surface area contributed by atoms with Gasteiger partial charge in [0.05, 0.1) is 45.5 Å². The van der Waals surface area contributed by atoms with Crippen LogP contribution in [0.15, 0.2) is 66.9 Å². The number of hydrogen-bond acceptors (Lipinski definition) is 8. The maximum Gasteiger partial charge on any atom is 0.248 e. The summed E-state index contributed by atoms with van der Waals surface area (Å²) in [4.78, 5) is 24.4. The Morgan fingerprint density at radius 2 is 1.84 bits per heavy atom. The lowest BCUT2D eigenvalue weighted by Crippen LogP contribution is -2.20. The number of aryl methyl sites for hydroxylation is 1. The number of carbonyl (C=O) groups is 1. The number of halogens is 1.